The first kappa shape index (κ1) is 26.2. The van der Waals surface area contributed by atoms with Gasteiger partial charge in [-0.15, -0.1) is 5.10 Å². The number of hydrogen-bond acceptors (Lipinski definition) is 8. The molecule has 0 aliphatic carbocycles. The average Bonchev–Trinajstić information content (AvgIpc) is 2.87. The highest BCUT2D eigenvalue weighted by atomic mass is 32.2. The minimum Gasteiger partial charge on any atom is -0.493 e. The van der Waals surface area contributed by atoms with Crippen LogP contribution < -0.4 is 14.4 Å². The normalized spacial score (nSPS) is 19.3. The van der Waals surface area contributed by atoms with Crippen LogP contribution in [0.5, 0.6) is 5.75 Å². The van der Waals surface area contributed by atoms with Crippen LogP contribution in [0.2, 0.25) is 0 Å². The maximum atomic E-state index is 13.6. The Morgan fingerprint density at radius 1 is 1.03 bits per heavy atom. The summed E-state index contributed by atoms with van der Waals surface area (Å²) in [6, 6.07) is 10.8. The summed E-state index contributed by atoms with van der Waals surface area (Å²) in [6.45, 7) is 0.378. The Morgan fingerprint density at radius 3 is 2.45 bits per heavy atom. The number of halogens is 3. The number of nitrogens with zero attached hydrogens (tertiary/aromatic N) is 3. The predicted octanol–water partition coefficient (Wildman–Crippen LogP) is 3.45. The van der Waals surface area contributed by atoms with Crippen molar-refractivity contribution in [1.82, 2.24) is 10.2 Å². The maximum absolute atomic E-state index is 13.6. The number of rotatable bonds is 5. The van der Waals surface area contributed by atoms with Crippen LogP contribution >= 0.6 is 0 Å². The van der Waals surface area contributed by atoms with E-state index in [4.69, 9.17) is 4.74 Å². The average molecular weight is 569 g/mol. The summed E-state index contributed by atoms with van der Waals surface area (Å²) in [5, 5.41) is 7.36. The molecule has 0 saturated carbocycles. The molecule has 0 radical (unpaired) electrons. The number of anilines is 2. The summed E-state index contributed by atoms with van der Waals surface area (Å²) in [4.78, 5) is 1.60. The molecular weight excluding hydrogens is 545 g/mol. The second-order valence-electron chi connectivity index (χ2n) is 9.01. The van der Waals surface area contributed by atoms with Gasteiger partial charge >= 0.3 is 6.18 Å². The van der Waals surface area contributed by atoms with Gasteiger partial charge in [-0.2, -0.15) is 18.3 Å². The first-order valence-corrected chi connectivity index (χ1v) is 15.0. The van der Waals surface area contributed by atoms with E-state index in [2.05, 4.69) is 14.9 Å². The molecule has 5 rings (SSSR count). The first-order valence-electron chi connectivity index (χ1n) is 11.7. The van der Waals surface area contributed by atoms with Crippen LogP contribution in [0.25, 0.3) is 0 Å². The number of alkyl halides is 3. The van der Waals surface area contributed by atoms with Crippen molar-refractivity contribution in [2.24, 2.45) is 0 Å². The number of hydrogen-bond donors (Lipinski definition) is 1. The van der Waals surface area contributed by atoms with Gasteiger partial charge in [0.05, 0.1) is 28.6 Å². The summed E-state index contributed by atoms with van der Waals surface area (Å²) in [7, 11) is -7.25. The van der Waals surface area contributed by atoms with Crippen molar-refractivity contribution in [2.75, 3.05) is 40.8 Å². The van der Waals surface area contributed by atoms with Crippen molar-refractivity contribution < 1.29 is 34.7 Å². The highest BCUT2D eigenvalue weighted by molar-refractivity contribution is 7.92. The smallest absolute Gasteiger partial charge is 0.416 e. The van der Waals surface area contributed by atoms with Crippen molar-refractivity contribution in [1.29, 1.82) is 0 Å². The number of fused-ring (bicyclic) bond motifs is 1. The molecule has 2 aromatic carbocycles. The van der Waals surface area contributed by atoms with Gasteiger partial charge in [0.2, 0.25) is 0 Å². The van der Waals surface area contributed by atoms with Gasteiger partial charge in [-0.3, -0.25) is 4.72 Å². The van der Waals surface area contributed by atoms with E-state index in [-0.39, 0.29) is 47.8 Å². The van der Waals surface area contributed by atoms with Crippen LogP contribution in [0, 0.1) is 0 Å². The molecule has 1 aromatic heterocycles. The monoisotopic (exact) mass is 568 g/mol. The third-order valence-corrected chi connectivity index (χ3v) is 9.53. The Bertz CT molecular complexity index is 1550. The largest absolute Gasteiger partial charge is 0.493 e. The van der Waals surface area contributed by atoms with E-state index in [1.54, 1.807) is 11.0 Å². The molecule has 1 saturated heterocycles. The molecular formula is C24H23F3N4O5S2. The highest BCUT2D eigenvalue weighted by Gasteiger charge is 2.35. The van der Waals surface area contributed by atoms with E-state index in [9.17, 15) is 30.0 Å². The Morgan fingerprint density at radius 2 is 1.76 bits per heavy atom. The van der Waals surface area contributed by atoms with Gasteiger partial charge < -0.3 is 9.64 Å². The molecule has 0 bridgehead atoms. The Labute approximate surface area is 217 Å². The van der Waals surface area contributed by atoms with Gasteiger partial charge in [0.1, 0.15) is 5.75 Å². The lowest BCUT2D eigenvalue weighted by Gasteiger charge is -2.34. The number of aromatic nitrogens is 2. The lowest BCUT2D eigenvalue weighted by atomic mass is 9.85. The standard InChI is InChI=1S/C24H23F3N4O5S2/c25-24(26,27)16-3-5-19(21(14-16)31-9-12-37(32,33)13-10-31)18-7-11-36-22-15-17(4-6-20(18)22)38(34,35)30-23-2-1-8-28-29-23/h1-6,8,14-15,18H,7,9-13H2,(H,29,30)/t18-/m1/s1. The maximum Gasteiger partial charge on any atom is 0.416 e. The third-order valence-electron chi connectivity index (χ3n) is 6.56. The van der Waals surface area contributed by atoms with Crippen molar-refractivity contribution >= 4 is 31.4 Å². The number of sulfone groups is 1. The van der Waals surface area contributed by atoms with E-state index >= 15 is 0 Å². The Balaban J connectivity index is 1.52. The minimum atomic E-state index is -4.57. The number of ether oxygens (including phenoxy) is 1. The lowest BCUT2D eigenvalue weighted by molar-refractivity contribution is -0.137. The van der Waals surface area contributed by atoms with Crippen LogP contribution in [0.15, 0.2) is 59.6 Å². The summed E-state index contributed by atoms with van der Waals surface area (Å²) >= 11 is 0. The van der Waals surface area contributed by atoms with Crippen LogP contribution in [0.4, 0.5) is 24.7 Å². The van der Waals surface area contributed by atoms with Gasteiger partial charge in [-0.05, 0) is 42.3 Å². The SMILES string of the molecule is O=S1(=O)CCN(c2cc(C(F)(F)F)ccc2[C@H]2CCOc3cc(S(=O)(=O)Nc4cccnn4)ccc32)CC1. The molecule has 202 valence electrons. The number of benzene rings is 2. The Hall–Kier alpha value is -3.39. The second-order valence-corrected chi connectivity index (χ2v) is 13.0. The number of nitrogens with one attached hydrogen (secondary N) is 1. The van der Waals surface area contributed by atoms with Crippen molar-refractivity contribution in [2.45, 2.75) is 23.4 Å². The fourth-order valence-electron chi connectivity index (χ4n) is 4.65. The fourth-order valence-corrected chi connectivity index (χ4v) is 6.87. The molecule has 0 spiro atoms. The van der Waals surface area contributed by atoms with Crippen LogP contribution in [0.3, 0.4) is 0 Å². The molecule has 14 heteroatoms. The zero-order valence-corrected chi connectivity index (χ0v) is 21.5. The topological polar surface area (TPSA) is 119 Å². The molecule has 2 aliphatic heterocycles. The first-order chi connectivity index (χ1) is 17.9. The number of sulfonamides is 1. The van der Waals surface area contributed by atoms with E-state index in [1.165, 1.54) is 36.5 Å². The highest BCUT2D eigenvalue weighted by Crippen LogP contribution is 2.44. The molecule has 38 heavy (non-hydrogen) atoms. The molecule has 0 amide bonds. The van der Waals surface area contributed by atoms with E-state index in [0.717, 1.165) is 12.1 Å². The van der Waals surface area contributed by atoms with E-state index in [0.29, 0.717) is 29.0 Å². The minimum absolute atomic E-state index is 0.0435. The van der Waals surface area contributed by atoms with Crippen molar-refractivity contribution in [3.05, 3.63) is 71.4 Å². The van der Waals surface area contributed by atoms with Crippen molar-refractivity contribution in [3.8, 4) is 5.75 Å². The van der Waals surface area contributed by atoms with Gasteiger partial charge in [-0.1, -0.05) is 12.1 Å². The second kappa shape index (κ2) is 9.73. The van der Waals surface area contributed by atoms with Crippen molar-refractivity contribution in [3.63, 3.8) is 0 Å². The molecule has 3 aromatic rings. The molecule has 3 heterocycles. The zero-order chi connectivity index (χ0) is 27.1. The quantitative estimate of drug-likeness (QED) is 0.497. The molecule has 2 aliphatic rings. The van der Waals surface area contributed by atoms with Gasteiger partial charge in [0.25, 0.3) is 10.0 Å². The summed E-state index contributed by atoms with van der Waals surface area (Å²) < 4.78 is 98.5. The molecule has 0 unspecified atom stereocenters. The van der Waals surface area contributed by atoms with E-state index in [1.807, 2.05) is 0 Å². The van der Waals surface area contributed by atoms with Crippen LogP contribution in [0.1, 0.15) is 29.0 Å². The Kier molecular flexibility index (Phi) is 6.71. The van der Waals surface area contributed by atoms with Gasteiger partial charge in [0, 0.05) is 42.5 Å². The van der Waals surface area contributed by atoms with Crippen LogP contribution in [-0.4, -0.2) is 58.2 Å². The molecule has 1 N–H and O–H groups in total. The summed E-state index contributed by atoms with van der Waals surface area (Å²) in [5.74, 6) is -0.336. The lowest BCUT2D eigenvalue weighted by Crippen LogP contribution is -2.41. The zero-order valence-electron chi connectivity index (χ0n) is 19.8. The van der Waals surface area contributed by atoms with Crippen LogP contribution in [-0.2, 0) is 26.0 Å². The predicted molar refractivity (Wildman–Crippen MR) is 134 cm³/mol. The van der Waals surface area contributed by atoms with E-state index < -0.39 is 31.6 Å². The molecule has 9 nitrogen and oxygen atoms in total. The molecule has 1 atom stereocenters. The molecule has 1 fully saturated rings. The summed E-state index contributed by atoms with van der Waals surface area (Å²) in [6.07, 6.45) is -2.72. The van der Waals surface area contributed by atoms with Gasteiger partial charge in [-0.25, -0.2) is 16.8 Å². The fraction of sp³-hybridized carbons (Fsp3) is 0.333. The third kappa shape index (κ3) is 5.41. The summed E-state index contributed by atoms with van der Waals surface area (Å²) in [5.41, 5.74) is 0.706. The van der Waals surface area contributed by atoms with Gasteiger partial charge in [0.15, 0.2) is 15.7 Å².